The highest BCUT2D eigenvalue weighted by atomic mass is 35.5. The van der Waals surface area contributed by atoms with Crippen LogP contribution in [0.5, 0.6) is 0 Å². The molecule has 0 bridgehead atoms. The molecule has 8 heteroatoms. The summed E-state index contributed by atoms with van der Waals surface area (Å²) in [6, 6.07) is 12.0. The summed E-state index contributed by atoms with van der Waals surface area (Å²) in [7, 11) is 1.88. The molecule has 1 N–H and O–H groups in total. The maximum atomic E-state index is 5.71. The highest BCUT2D eigenvalue weighted by molar-refractivity contribution is 5.85. The van der Waals surface area contributed by atoms with Gasteiger partial charge < -0.3 is 14.6 Å². The van der Waals surface area contributed by atoms with Gasteiger partial charge in [-0.3, -0.25) is 4.90 Å². The molecule has 0 spiro atoms. The monoisotopic (exact) mass is 401 g/mol. The molecule has 1 fully saturated rings. The smallest absolute Gasteiger partial charge is 0.318 e. The molecule has 0 aliphatic carbocycles. The van der Waals surface area contributed by atoms with E-state index in [0.717, 1.165) is 39.0 Å². The minimum Gasteiger partial charge on any atom is -0.407 e. The molecule has 6 nitrogen and oxygen atoms in total. The summed E-state index contributed by atoms with van der Waals surface area (Å²) < 4.78 is 5.71. The molecule has 1 aromatic heterocycles. The fraction of sp³-hybridized carbons (Fsp3) is 0.556. The summed E-state index contributed by atoms with van der Waals surface area (Å²) in [4.78, 5) is 4.78. The standard InChI is InChI=1S/C18H27N5O.2ClH/c1-3-22(14-15-7-5-4-6-8-15)16-9-11-23(12-10-16)18-21-20-17(24-18)13-19-2;;/h4-8,16,19H,3,9-14H2,1-2H3;2*1H. The van der Waals surface area contributed by atoms with Gasteiger partial charge >= 0.3 is 6.01 Å². The Kier molecular flexibility index (Phi) is 9.94. The van der Waals surface area contributed by atoms with Crippen LogP contribution in [-0.2, 0) is 13.1 Å². The molecule has 0 unspecified atom stereocenters. The maximum absolute atomic E-state index is 5.71. The van der Waals surface area contributed by atoms with E-state index in [1.807, 2.05) is 7.05 Å². The van der Waals surface area contributed by atoms with Crippen LogP contribution in [0.15, 0.2) is 34.7 Å². The van der Waals surface area contributed by atoms with Gasteiger partial charge in [0.05, 0.1) is 6.54 Å². The largest absolute Gasteiger partial charge is 0.407 e. The Bertz CT molecular complexity index is 617. The number of rotatable bonds is 7. The number of nitrogens with one attached hydrogen (secondary N) is 1. The van der Waals surface area contributed by atoms with Gasteiger partial charge in [-0.15, -0.1) is 29.9 Å². The quantitative estimate of drug-likeness (QED) is 0.768. The van der Waals surface area contributed by atoms with Crippen molar-refractivity contribution in [3.63, 3.8) is 0 Å². The van der Waals surface area contributed by atoms with Gasteiger partial charge in [0.2, 0.25) is 5.89 Å². The Morgan fingerprint density at radius 1 is 1.15 bits per heavy atom. The van der Waals surface area contributed by atoms with Crippen LogP contribution in [0.3, 0.4) is 0 Å². The molecule has 1 aliphatic rings. The molecule has 0 atom stereocenters. The molecule has 26 heavy (non-hydrogen) atoms. The number of halogens is 2. The van der Waals surface area contributed by atoms with Crippen molar-refractivity contribution in [3.05, 3.63) is 41.8 Å². The first-order chi connectivity index (χ1) is 11.8. The summed E-state index contributed by atoms with van der Waals surface area (Å²) in [5.41, 5.74) is 1.38. The van der Waals surface area contributed by atoms with E-state index in [-0.39, 0.29) is 24.8 Å². The van der Waals surface area contributed by atoms with Gasteiger partial charge in [0.15, 0.2) is 0 Å². The van der Waals surface area contributed by atoms with Gasteiger partial charge in [0, 0.05) is 25.7 Å². The van der Waals surface area contributed by atoms with Crippen LogP contribution in [0.4, 0.5) is 6.01 Å². The number of anilines is 1. The molecule has 1 aromatic carbocycles. The first kappa shape index (κ1) is 22.7. The average Bonchev–Trinajstić information content (AvgIpc) is 3.10. The second-order valence-electron chi connectivity index (χ2n) is 6.28. The zero-order chi connectivity index (χ0) is 16.8. The van der Waals surface area contributed by atoms with Crippen LogP contribution in [-0.4, -0.2) is 47.8 Å². The van der Waals surface area contributed by atoms with E-state index in [0.29, 0.717) is 24.5 Å². The van der Waals surface area contributed by atoms with Crippen molar-refractivity contribution in [2.75, 3.05) is 31.6 Å². The van der Waals surface area contributed by atoms with Gasteiger partial charge in [-0.25, -0.2) is 0 Å². The van der Waals surface area contributed by atoms with Crippen molar-refractivity contribution in [2.24, 2.45) is 0 Å². The number of benzene rings is 1. The zero-order valence-corrected chi connectivity index (χ0v) is 17.1. The molecule has 1 saturated heterocycles. The van der Waals surface area contributed by atoms with Gasteiger partial charge in [0.25, 0.3) is 0 Å². The predicted octanol–water partition coefficient (Wildman–Crippen LogP) is 3.12. The average molecular weight is 402 g/mol. The van der Waals surface area contributed by atoms with Gasteiger partial charge in [0.1, 0.15) is 0 Å². The van der Waals surface area contributed by atoms with Crippen molar-refractivity contribution < 1.29 is 4.42 Å². The molecular formula is C18H29Cl2N5O. The normalized spacial score (nSPS) is 14.8. The van der Waals surface area contributed by atoms with E-state index in [2.05, 4.69) is 62.6 Å². The van der Waals surface area contributed by atoms with Crippen molar-refractivity contribution >= 4 is 30.8 Å². The van der Waals surface area contributed by atoms with E-state index in [1.165, 1.54) is 5.56 Å². The van der Waals surface area contributed by atoms with E-state index in [9.17, 15) is 0 Å². The summed E-state index contributed by atoms with van der Waals surface area (Å²) in [5.74, 6) is 0.647. The highest BCUT2D eigenvalue weighted by Gasteiger charge is 2.26. The van der Waals surface area contributed by atoms with Crippen LogP contribution in [0, 0.1) is 0 Å². The van der Waals surface area contributed by atoms with E-state index >= 15 is 0 Å². The molecule has 0 amide bonds. The SMILES string of the molecule is CCN(Cc1ccccc1)C1CCN(c2nnc(CNC)o2)CC1.Cl.Cl. The minimum absolute atomic E-state index is 0. The van der Waals surface area contributed by atoms with E-state index in [1.54, 1.807) is 0 Å². The van der Waals surface area contributed by atoms with Crippen LogP contribution < -0.4 is 10.2 Å². The van der Waals surface area contributed by atoms with E-state index in [4.69, 9.17) is 4.42 Å². The molecule has 0 saturated carbocycles. The Morgan fingerprint density at radius 3 is 2.46 bits per heavy atom. The Labute approximate surface area is 168 Å². The molecule has 2 aromatic rings. The minimum atomic E-state index is 0. The topological polar surface area (TPSA) is 57.4 Å². The summed E-state index contributed by atoms with van der Waals surface area (Å²) in [6.07, 6.45) is 2.26. The molecule has 0 radical (unpaired) electrons. The first-order valence-corrected chi connectivity index (χ1v) is 8.80. The van der Waals surface area contributed by atoms with Crippen LogP contribution in [0.1, 0.15) is 31.2 Å². The lowest BCUT2D eigenvalue weighted by Gasteiger charge is -2.37. The second kappa shape index (κ2) is 11.4. The zero-order valence-electron chi connectivity index (χ0n) is 15.4. The summed E-state index contributed by atoms with van der Waals surface area (Å²) >= 11 is 0. The third-order valence-corrected chi connectivity index (χ3v) is 4.67. The Hall–Kier alpha value is -1.34. The van der Waals surface area contributed by atoms with Gasteiger partial charge in [-0.05, 0) is 32.0 Å². The fourth-order valence-corrected chi connectivity index (χ4v) is 3.33. The molecule has 1 aliphatic heterocycles. The third kappa shape index (κ3) is 5.84. The van der Waals surface area contributed by atoms with E-state index < -0.39 is 0 Å². The van der Waals surface area contributed by atoms with Crippen molar-refractivity contribution in [3.8, 4) is 0 Å². The van der Waals surface area contributed by atoms with Crippen molar-refractivity contribution in [2.45, 2.75) is 38.9 Å². The predicted molar refractivity (Wildman–Crippen MR) is 109 cm³/mol. The molecular weight excluding hydrogens is 373 g/mol. The first-order valence-electron chi connectivity index (χ1n) is 8.80. The number of hydrogen-bond donors (Lipinski definition) is 1. The maximum Gasteiger partial charge on any atom is 0.318 e. The Balaban J connectivity index is 0.00000169. The second-order valence-corrected chi connectivity index (χ2v) is 6.28. The van der Waals surface area contributed by atoms with Gasteiger partial charge in [-0.1, -0.05) is 42.4 Å². The lowest BCUT2D eigenvalue weighted by atomic mass is 10.0. The summed E-state index contributed by atoms with van der Waals surface area (Å²) in [6.45, 7) is 6.90. The molecule has 146 valence electrons. The summed E-state index contributed by atoms with van der Waals surface area (Å²) in [5, 5.41) is 11.3. The molecule has 3 rings (SSSR count). The lowest BCUT2D eigenvalue weighted by Crippen LogP contribution is -2.44. The Morgan fingerprint density at radius 2 is 1.85 bits per heavy atom. The van der Waals surface area contributed by atoms with Crippen molar-refractivity contribution in [1.82, 2.24) is 20.4 Å². The number of aromatic nitrogens is 2. The lowest BCUT2D eigenvalue weighted by molar-refractivity contribution is 0.167. The van der Waals surface area contributed by atoms with Crippen LogP contribution >= 0.6 is 24.8 Å². The third-order valence-electron chi connectivity index (χ3n) is 4.67. The number of piperidine rings is 1. The van der Waals surface area contributed by atoms with Crippen LogP contribution in [0.2, 0.25) is 0 Å². The highest BCUT2D eigenvalue weighted by Crippen LogP contribution is 2.22. The fourth-order valence-electron chi connectivity index (χ4n) is 3.33. The molecule has 2 heterocycles. The van der Waals surface area contributed by atoms with Crippen LogP contribution in [0.25, 0.3) is 0 Å². The number of hydrogen-bond acceptors (Lipinski definition) is 6. The van der Waals surface area contributed by atoms with Crippen molar-refractivity contribution in [1.29, 1.82) is 0 Å². The van der Waals surface area contributed by atoms with Gasteiger partial charge in [-0.2, -0.15) is 0 Å². The number of nitrogens with zero attached hydrogens (tertiary/aromatic N) is 4.